The molecule has 0 saturated carbocycles. The molecule has 2 heterocycles. The van der Waals surface area contributed by atoms with Crippen molar-refractivity contribution in [2.45, 2.75) is 30.5 Å². The van der Waals surface area contributed by atoms with Crippen LogP contribution >= 0.6 is 22.6 Å². The molecule has 1 aliphatic heterocycles. The first-order valence-electron chi connectivity index (χ1n) is 9.67. The van der Waals surface area contributed by atoms with E-state index in [1.165, 1.54) is 16.7 Å². The summed E-state index contributed by atoms with van der Waals surface area (Å²) in [5.74, 6) is -0.672. The van der Waals surface area contributed by atoms with Gasteiger partial charge in [-0.25, -0.2) is 9.18 Å². The van der Waals surface area contributed by atoms with Gasteiger partial charge in [0.25, 0.3) is 5.56 Å². The number of aromatic hydroxyl groups is 1. The third kappa shape index (κ3) is 5.94. The fourth-order valence-corrected chi connectivity index (χ4v) is 3.47. The van der Waals surface area contributed by atoms with Gasteiger partial charge in [0.2, 0.25) is 0 Å². The number of hydrogen-bond acceptors (Lipinski definition) is 5. The highest BCUT2D eigenvalue weighted by Crippen LogP contribution is 2.21. The van der Waals surface area contributed by atoms with E-state index >= 15 is 0 Å². The van der Waals surface area contributed by atoms with Crippen molar-refractivity contribution in [3.8, 4) is 5.75 Å². The molecular weight excluding hydrogens is 504 g/mol. The molecule has 162 valence electrons. The summed E-state index contributed by atoms with van der Waals surface area (Å²) in [6, 6.07) is 7.72. The molecule has 1 amide bonds. The Balaban J connectivity index is 1.61. The molecule has 1 N–H and O–H groups in total. The van der Waals surface area contributed by atoms with Gasteiger partial charge in [0.15, 0.2) is 9.36 Å². The molecule has 0 atom stereocenters. The first-order chi connectivity index (χ1) is 14.1. The zero-order chi connectivity index (χ0) is 21.9. The monoisotopic (exact) mass is 529 g/mol. The third-order valence-corrected chi connectivity index (χ3v) is 5.04. The van der Waals surface area contributed by atoms with Crippen molar-refractivity contribution < 1.29 is 19.0 Å². The summed E-state index contributed by atoms with van der Waals surface area (Å²) >= 11 is 2.07. The van der Waals surface area contributed by atoms with E-state index in [0.29, 0.717) is 43.9 Å². The number of piperazine rings is 1. The summed E-state index contributed by atoms with van der Waals surface area (Å²) in [4.78, 5) is 28.4. The van der Waals surface area contributed by atoms with Crippen molar-refractivity contribution in [3.63, 3.8) is 0 Å². The minimum atomic E-state index is -0.562. The van der Waals surface area contributed by atoms with Gasteiger partial charge in [-0.05, 0) is 60.2 Å². The number of alkyl halides is 1. The Morgan fingerprint density at radius 2 is 1.90 bits per heavy atom. The molecule has 0 radical (unpaired) electrons. The van der Waals surface area contributed by atoms with Gasteiger partial charge < -0.3 is 19.3 Å². The van der Waals surface area contributed by atoms with Crippen LogP contribution in [0.1, 0.15) is 25.0 Å². The van der Waals surface area contributed by atoms with Gasteiger partial charge in [-0.2, -0.15) is 0 Å². The molecular formula is C21H25FIN3O4. The van der Waals surface area contributed by atoms with Crippen LogP contribution in [-0.2, 0) is 17.8 Å². The molecule has 0 unspecified atom stereocenters. The number of halogens is 2. The fraction of sp³-hybridized carbons (Fsp3) is 0.429. The Hall–Kier alpha value is -2.14. The van der Waals surface area contributed by atoms with E-state index in [9.17, 15) is 19.1 Å². The van der Waals surface area contributed by atoms with Crippen LogP contribution in [0, 0.1) is 5.82 Å². The highest BCUT2D eigenvalue weighted by molar-refractivity contribution is 14.1. The topological polar surface area (TPSA) is 75.0 Å². The molecule has 1 saturated heterocycles. The van der Waals surface area contributed by atoms with Crippen molar-refractivity contribution in [2.75, 3.05) is 26.2 Å². The molecule has 1 fully saturated rings. The number of ether oxygens (including phenoxy) is 1. The molecule has 0 aliphatic carbocycles. The Morgan fingerprint density at radius 1 is 1.20 bits per heavy atom. The van der Waals surface area contributed by atoms with Crippen molar-refractivity contribution in [3.05, 3.63) is 63.8 Å². The van der Waals surface area contributed by atoms with Crippen LogP contribution in [0.3, 0.4) is 0 Å². The molecule has 30 heavy (non-hydrogen) atoms. The average molecular weight is 529 g/mol. The lowest BCUT2D eigenvalue weighted by atomic mass is 10.2. The van der Waals surface area contributed by atoms with E-state index in [4.69, 9.17) is 4.74 Å². The van der Waals surface area contributed by atoms with Crippen LogP contribution in [0.5, 0.6) is 5.75 Å². The lowest BCUT2D eigenvalue weighted by molar-refractivity contribution is 0.0503. The summed E-state index contributed by atoms with van der Waals surface area (Å²) in [6.45, 7) is 6.49. The van der Waals surface area contributed by atoms with Crippen LogP contribution in [0.2, 0.25) is 0 Å². The first-order valence-corrected chi connectivity index (χ1v) is 10.8. The second-order valence-electron chi connectivity index (χ2n) is 7.75. The first kappa shape index (κ1) is 22.5. The molecule has 3 rings (SSSR count). The lowest BCUT2D eigenvalue weighted by Crippen LogP contribution is -2.49. The average Bonchev–Trinajstić information content (AvgIpc) is 2.67. The number of aromatic nitrogens is 1. The number of carbonyl (C=O) groups excluding carboxylic acids is 1. The van der Waals surface area contributed by atoms with Crippen LogP contribution in [0.15, 0.2) is 41.3 Å². The van der Waals surface area contributed by atoms with Gasteiger partial charge in [0, 0.05) is 44.5 Å². The Bertz CT molecular complexity index is 965. The highest BCUT2D eigenvalue weighted by atomic mass is 127. The smallest absolute Gasteiger partial charge is 0.411 e. The molecule has 1 aromatic heterocycles. The van der Waals surface area contributed by atoms with Gasteiger partial charge in [-0.1, -0.05) is 12.1 Å². The van der Waals surface area contributed by atoms with E-state index in [1.807, 2.05) is 13.8 Å². The van der Waals surface area contributed by atoms with E-state index in [1.54, 1.807) is 29.3 Å². The van der Waals surface area contributed by atoms with Gasteiger partial charge in [-0.15, -0.1) is 0 Å². The minimum Gasteiger partial charge on any atom is -0.503 e. The Morgan fingerprint density at radius 3 is 2.53 bits per heavy atom. The number of rotatable bonds is 5. The van der Waals surface area contributed by atoms with Crippen molar-refractivity contribution in [1.29, 1.82) is 0 Å². The number of hydrogen-bond donors (Lipinski definition) is 1. The maximum Gasteiger partial charge on any atom is 0.411 e. The van der Waals surface area contributed by atoms with Gasteiger partial charge in [-0.3, -0.25) is 9.69 Å². The van der Waals surface area contributed by atoms with Crippen LogP contribution < -0.4 is 5.56 Å². The highest BCUT2D eigenvalue weighted by Gasteiger charge is 2.27. The molecule has 0 spiro atoms. The summed E-state index contributed by atoms with van der Waals surface area (Å²) in [5.41, 5.74) is 0.658. The Kier molecular flexibility index (Phi) is 7.02. The summed E-state index contributed by atoms with van der Waals surface area (Å²) in [5, 5.41) is 10.4. The van der Waals surface area contributed by atoms with Crippen molar-refractivity contribution in [1.82, 2.24) is 14.4 Å². The minimum absolute atomic E-state index is 0.179. The predicted molar refractivity (Wildman–Crippen MR) is 119 cm³/mol. The van der Waals surface area contributed by atoms with Gasteiger partial charge in [0.1, 0.15) is 5.82 Å². The number of benzene rings is 1. The predicted octanol–water partition coefficient (Wildman–Crippen LogP) is 3.17. The maximum absolute atomic E-state index is 13.4. The van der Waals surface area contributed by atoms with Gasteiger partial charge in [0.05, 0.1) is 6.54 Å². The zero-order valence-electron chi connectivity index (χ0n) is 17.0. The molecule has 1 aliphatic rings. The van der Waals surface area contributed by atoms with E-state index in [-0.39, 0.29) is 24.2 Å². The van der Waals surface area contributed by atoms with E-state index in [2.05, 4.69) is 27.5 Å². The van der Waals surface area contributed by atoms with E-state index in [0.717, 1.165) is 0 Å². The van der Waals surface area contributed by atoms with Gasteiger partial charge >= 0.3 is 6.09 Å². The molecule has 2 aromatic rings. The summed E-state index contributed by atoms with van der Waals surface area (Å²) < 4.78 is 19.5. The number of carbonyl (C=O) groups is 1. The SMILES string of the molecule is CC(C)(I)OC(=O)N1CCN(Cc2ccn(Cc3cccc(F)c3)c(=O)c2O)CC1. The number of amides is 1. The van der Waals surface area contributed by atoms with Crippen molar-refractivity contribution >= 4 is 28.7 Å². The molecule has 9 heteroatoms. The second kappa shape index (κ2) is 9.34. The van der Waals surface area contributed by atoms with Crippen LogP contribution in [0.4, 0.5) is 9.18 Å². The summed E-state index contributed by atoms with van der Waals surface area (Å²) in [7, 11) is 0. The normalized spacial score (nSPS) is 15.3. The third-order valence-electron chi connectivity index (χ3n) is 4.82. The molecule has 0 bridgehead atoms. The standard InChI is InChI=1S/C21H25FIN3O4/c1-21(2,23)30-20(29)25-10-8-24(9-11-25)14-16-6-7-26(19(28)18(16)27)13-15-4-3-5-17(22)12-15/h3-7,12,27H,8-11,13-14H2,1-2H3. The second-order valence-corrected chi connectivity index (χ2v) is 10.3. The largest absolute Gasteiger partial charge is 0.503 e. The van der Waals surface area contributed by atoms with Crippen LogP contribution in [-0.4, -0.2) is 55.4 Å². The number of pyridine rings is 1. The fourth-order valence-electron chi connectivity index (χ4n) is 3.29. The maximum atomic E-state index is 13.4. The number of nitrogens with zero attached hydrogens (tertiary/aromatic N) is 3. The summed E-state index contributed by atoms with van der Waals surface area (Å²) in [6.07, 6.45) is 1.27. The lowest BCUT2D eigenvalue weighted by Gasteiger charge is -2.35. The zero-order valence-corrected chi connectivity index (χ0v) is 19.1. The quantitative estimate of drug-likeness (QED) is 0.476. The van der Waals surface area contributed by atoms with E-state index < -0.39 is 9.17 Å². The Labute approximate surface area is 188 Å². The van der Waals surface area contributed by atoms with Crippen LogP contribution in [0.25, 0.3) is 0 Å². The molecule has 7 nitrogen and oxygen atoms in total. The molecule has 1 aromatic carbocycles. The van der Waals surface area contributed by atoms with Crippen molar-refractivity contribution in [2.24, 2.45) is 0 Å².